The quantitative estimate of drug-likeness (QED) is 0.195. The second-order valence-electron chi connectivity index (χ2n) is 6.82. The molecule has 12 heteroatoms. The van der Waals surface area contributed by atoms with Crippen LogP contribution in [0.4, 0.5) is 13.2 Å². The number of aliphatic imine (C=N–C) groups is 1. The first kappa shape index (κ1) is 24.7. The van der Waals surface area contributed by atoms with E-state index in [2.05, 4.69) is 26.0 Å². The molecule has 3 unspecified atom stereocenters. The van der Waals surface area contributed by atoms with E-state index in [1.165, 1.54) is 0 Å². The van der Waals surface area contributed by atoms with Crippen LogP contribution in [-0.2, 0) is 4.74 Å². The van der Waals surface area contributed by atoms with Gasteiger partial charge < -0.3 is 25.9 Å². The van der Waals surface area contributed by atoms with Crippen LogP contribution < -0.4 is 5.84 Å². The van der Waals surface area contributed by atoms with Crippen LogP contribution in [0.5, 0.6) is 0 Å². The Balaban J connectivity index is 1.84. The number of thioether (sulfide) groups is 1. The van der Waals surface area contributed by atoms with Crippen molar-refractivity contribution in [3.05, 3.63) is 63.9 Å². The second kappa shape index (κ2) is 10.8. The van der Waals surface area contributed by atoms with Crippen LogP contribution in [0.15, 0.2) is 55.9 Å². The van der Waals surface area contributed by atoms with Gasteiger partial charge in [-0.1, -0.05) is 27.7 Å². The molecule has 5 N–H and O–H groups in total. The number of aliphatic hydroxyl groups excluding tert-OH is 3. The number of nitrogens with two attached hydrogens (primary N) is 1. The maximum Gasteiger partial charge on any atom is 0.194 e. The molecule has 0 spiro atoms. The van der Waals surface area contributed by atoms with Crippen molar-refractivity contribution in [1.29, 1.82) is 0 Å². The van der Waals surface area contributed by atoms with E-state index >= 15 is 0 Å². The summed E-state index contributed by atoms with van der Waals surface area (Å²) in [4.78, 5) is 4.85. The Morgan fingerprint density at radius 2 is 1.75 bits per heavy atom. The van der Waals surface area contributed by atoms with Crippen molar-refractivity contribution in [1.82, 2.24) is 0 Å². The Hall–Kier alpha value is -1.96. The first-order valence-corrected chi connectivity index (χ1v) is 10.9. The maximum absolute atomic E-state index is 13.6. The number of nitrogens with zero attached hydrogens (tertiary/aromatic N) is 2. The number of rotatable bonds is 6. The van der Waals surface area contributed by atoms with Crippen LogP contribution in [0.3, 0.4) is 0 Å². The average molecular weight is 534 g/mol. The number of hydrogen-bond donors (Lipinski definition) is 4. The van der Waals surface area contributed by atoms with Crippen molar-refractivity contribution in [3.63, 3.8) is 0 Å². The van der Waals surface area contributed by atoms with Crippen molar-refractivity contribution < 1.29 is 33.2 Å². The highest BCUT2D eigenvalue weighted by molar-refractivity contribution is 9.10. The van der Waals surface area contributed by atoms with E-state index in [1.807, 2.05) is 0 Å². The van der Waals surface area contributed by atoms with E-state index < -0.39 is 53.8 Å². The third-order valence-corrected chi connectivity index (χ3v) is 6.40. The van der Waals surface area contributed by atoms with E-state index in [0.29, 0.717) is 12.1 Å². The molecule has 0 aromatic heterocycles. The lowest BCUT2D eigenvalue weighted by Gasteiger charge is -2.40. The van der Waals surface area contributed by atoms with Gasteiger partial charge in [-0.05, 0) is 36.4 Å². The summed E-state index contributed by atoms with van der Waals surface area (Å²) in [7, 11) is 0. The van der Waals surface area contributed by atoms with Gasteiger partial charge in [0.25, 0.3) is 0 Å². The van der Waals surface area contributed by atoms with Crippen LogP contribution in [0.25, 0.3) is 0 Å². The van der Waals surface area contributed by atoms with E-state index in [1.54, 1.807) is 24.3 Å². The van der Waals surface area contributed by atoms with Crippen LogP contribution in [0, 0.1) is 17.5 Å². The number of ether oxygens (including phenoxy) is 1. The molecule has 2 aromatic rings. The third kappa shape index (κ3) is 5.50. The monoisotopic (exact) mass is 533 g/mol. The van der Waals surface area contributed by atoms with Gasteiger partial charge in [0.15, 0.2) is 17.5 Å². The molecule has 1 saturated heterocycles. The summed E-state index contributed by atoms with van der Waals surface area (Å²) in [5.74, 6) is 0.765. The summed E-state index contributed by atoms with van der Waals surface area (Å²) in [6.45, 7) is -0.538. The summed E-state index contributed by atoms with van der Waals surface area (Å²) >= 11 is 4.49. The molecule has 1 aliphatic heterocycles. The minimum atomic E-state index is -1.64. The molecule has 5 atom stereocenters. The second-order valence-corrected chi connectivity index (χ2v) is 8.90. The van der Waals surface area contributed by atoms with Gasteiger partial charge >= 0.3 is 0 Å². The van der Waals surface area contributed by atoms with Crippen LogP contribution in [0.2, 0.25) is 0 Å². The molecule has 1 aliphatic rings. The summed E-state index contributed by atoms with van der Waals surface area (Å²) in [5.41, 5.74) is -1.30. The van der Waals surface area contributed by atoms with E-state index in [4.69, 9.17) is 10.6 Å². The Labute approximate surface area is 193 Å². The molecule has 32 heavy (non-hydrogen) atoms. The largest absolute Gasteiger partial charge is 0.394 e. The molecule has 3 rings (SSSR count). The van der Waals surface area contributed by atoms with E-state index in [9.17, 15) is 28.5 Å². The molecular formula is C20H19BrF3N3O4S. The van der Waals surface area contributed by atoms with Crippen molar-refractivity contribution in [2.24, 2.45) is 15.9 Å². The molecule has 1 fully saturated rings. The highest BCUT2D eigenvalue weighted by atomic mass is 79.9. The van der Waals surface area contributed by atoms with Gasteiger partial charge in [-0.15, -0.1) is 0 Å². The van der Waals surface area contributed by atoms with Gasteiger partial charge in [0, 0.05) is 21.1 Å². The molecule has 7 nitrogen and oxygen atoms in total. The minimum absolute atomic E-state index is 0.191. The molecule has 0 aliphatic carbocycles. The highest BCUT2D eigenvalue weighted by Gasteiger charge is 2.44. The van der Waals surface area contributed by atoms with Crippen LogP contribution in [0.1, 0.15) is 5.56 Å². The molecule has 0 bridgehead atoms. The summed E-state index contributed by atoms with van der Waals surface area (Å²) in [5, 5.41) is 34.2. The molecular weight excluding hydrogens is 515 g/mol. The zero-order valence-electron chi connectivity index (χ0n) is 16.3. The summed E-state index contributed by atoms with van der Waals surface area (Å²) in [6.07, 6.45) is -2.76. The lowest BCUT2D eigenvalue weighted by atomic mass is 9.98. The Bertz CT molecular complexity index is 989. The lowest BCUT2D eigenvalue weighted by molar-refractivity contribution is -0.159. The maximum atomic E-state index is 13.6. The standard InChI is InChI=1S/C20H19BrF3N3O4S/c21-10-1-3-11(4-2-10)32-20-19(30)17(18(29)15(8-28)31-20)26-7-14(27-25)9-5-12(22)16(24)13(23)6-9/h1-7,15,17-20,28-30H,8,25H2/t15?,17?,18-,19?,20+/m0/s1. The molecule has 172 valence electrons. The molecule has 1 heterocycles. The smallest absolute Gasteiger partial charge is 0.194 e. The zero-order valence-corrected chi connectivity index (χ0v) is 18.7. The zero-order chi connectivity index (χ0) is 23.4. The van der Waals surface area contributed by atoms with Gasteiger partial charge in [-0.3, -0.25) is 4.99 Å². The lowest BCUT2D eigenvalue weighted by Crippen LogP contribution is -2.56. The SMILES string of the molecule is NN=C(C=NC1C(O)[C@@H](Sc2ccc(Br)cc2)OC(CO)[C@@H]1O)c1cc(F)c(F)c(F)c1. The van der Waals surface area contributed by atoms with E-state index in [-0.39, 0.29) is 11.3 Å². The molecule has 2 aromatic carbocycles. The van der Waals surface area contributed by atoms with Gasteiger partial charge in [0.2, 0.25) is 0 Å². The molecule has 0 radical (unpaired) electrons. The fourth-order valence-electron chi connectivity index (χ4n) is 3.03. The first-order chi connectivity index (χ1) is 15.2. The average Bonchev–Trinajstić information content (AvgIpc) is 2.77. The predicted octanol–water partition coefficient (Wildman–Crippen LogP) is 2.20. The normalized spacial score (nSPS) is 26.6. The highest BCUT2D eigenvalue weighted by Crippen LogP contribution is 2.34. The van der Waals surface area contributed by atoms with Gasteiger partial charge in [-0.25, -0.2) is 13.2 Å². The number of hydrazone groups is 1. The minimum Gasteiger partial charge on any atom is -0.394 e. The van der Waals surface area contributed by atoms with Crippen molar-refractivity contribution in [3.8, 4) is 0 Å². The predicted molar refractivity (Wildman–Crippen MR) is 117 cm³/mol. The van der Waals surface area contributed by atoms with Crippen LogP contribution >= 0.6 is 27.7 Å². The number of aliphatic hydroxyl groups is 3. The first-order valence-electron chi connectivity index (χ1n) is 9.25. The Kier molecular flexibility index (Phi) is 8.31. The van der Waals surface area contributed by atoms with Gasteiger partial charge in [0.05, 0.1) is 6.61 Å². The molecule has 0 amide bonds. The topological polar surface area (TPSA) is 121 Å². The summed E-state index contributed by atoms with van der Waals surface area (Å²) in [6, 6.07) is 7.39. The Morgan fingerprint density at radius 3 is 2.31 bits per heavy atom. The summed E-state index contributed by atoms with van der Waals surface area (Å²) < 4.78 is 46.8. The number of hydrogen-bond acceptors (Lipinski definition) is 8. The molecule has 0 saturated carbocycles. The Morgan fingerprint density at radius 1 is 1.12 bits per heavy atom. The van der Waals surface area contributed by atoms with Crippen molar-refractivity contribution >= 4 is 39.6 Å². The number of halogens is 4. The van der Waals surface area contributed by atoms with Gasteiger partial charge in [-0.2, -0.15) is 5.10 Å². The van der Waals surface area contributed by atoms with E-state index in [0.717, 1.165) is 27.3 Å². The van der Waals surface area contributed by atoms with Gasteiger partial charge in [0.1, 0.15) is 35.5 Å². The fourth-order valence-corrected chi connectivity index (χ4v) is 4.36. The van der Waals surface area contributed by atoms with Crippen molar-refractivity contribution in [2.45, 2.75) is 34.7 Å². The van der Waals surface area contributed by atoms with Crippen molar-refractivity contribution in [2.75, 3.05) is 6.61 Å². The fraction of sp³-hybridized carbons (Fsp3) is 0.300. The third-order valence-electron chi connectivity index (χ3n) is 4.70. The van der Waals surface area contributed by atoms with Crippen LogP contribution in [-0.4, -0.2) is 63.6 Å². The number of benzene rings is 2.